The van der Waals surface area contributed by atoms with Crippen molar-refractivity contribution in [1.82, 2.24) is 4.72 Å². The molecule has 50 heavy (non-hydrogen) atoms. The third-order valence-electron chi connectivity index (χ3n) is 10.7. The van der Waals surface area contributed by atoms with E-state index in [0.717, 1.165) is 30.0 Å². The number of anilines is 1. The number of fused-ring (bicyclic) bond motifs is 3. The number of hydrogen-bond acceptors (Lipinski definition) is 8. The van der Waals surface area contributed by atoms with E-state index in [9.17, 15) is 13.8 Å². The molecule has 2 amide bonds. The number of methoxy groups -OCH3 is 1. The molecule has 1 N–H and O–H groups in total. The monoisotopic (exact) mass is 727 g/mol. The van der Waals surface area contributed by atoms with Gasteiger partial charge in [0.25, 0.3) is 11.8 Å². The molecule has 1 saturated heterocycles. The fourth-order valence-electron chi connectivity index (χ4n) is 7.73. The van der Waals surface area contributed by atoms with Crippen LogP contribution in [0.3, 0.4) is 0 Å². The molecule has 0 radical (unpaired) electrons. The molecule has 1 unspecified atom stereocenters. The highest BCUT2D eigenvalue weighted by molar-refractivity contribution is 7.92. The number of amides is 2. The van der Waals surface area contributed by atoms with Crippen LogP contribution >= 0.6 is 11.6 Å². The molecule has 12 heteroatoms. The van der Waals surface area contributed by atoms with Crippen LogP contribution in [0.2, 0.25) is 5.02 Å². The third kappa shape index (κ3) is 8.56. The van der Waals surface area contributed by atoms with Crippen LogP contribution in [0.1, 0.15) is 73.9 Å². The van der Waals surface area contributed by atoms with Gasteiger partial charge in [0.2, 0.25) is 0 Å². The van der Waals surface area contributed by atoms with Crippen molar-refractivity contribution in [2.45, 2.75) is 76.4 Å². The van der Waals surface area contributed by atoms with E-state index < -0.39 is 21.7 Å². The summed E-state index contributed by atoms with van der Waals surface area (Å²) in [5.41, 5.74) is 3.31. The van der Waals surface area contributed by atoms with Gasteiger partial charge in [-0.3, -0.25) is 14.3 Å². The van der Waals surface area contributed by atoms with E-state index >= 15 is 0 Å². The minimum absolute atomic E-state index is 0.0157. The lowest BCUT2D eigenvalue weighted by Crippen LogP contribution is -2.47. The molecule has 2 aromatic rings. The molecular weight excluding hydrogens is 678 g/mol. The molecular formula is C38H50ClN3O7S. The van der Waals surface area contributed by atoms with Crippen LogP contribution in [-0.4, -0.2) is 80.6 Å². The Morgan fingerprint density at radius 2 is 1.98 bits per heavy atom. The topological polar surface area (TPSA) is 116 Å². The van der Waals surface area contributed by atoms with Crippen LogP contribution < -0.4 is 14.4 Å². The van der Waals surface area contributed by atoms with Crippen molar-refractivity contribution in [1.29, 1.82) is 0 Å². The lowest BCUT2D eigenvalue weighted by Gasteiger charge is -2.42. The van der Waals surface area contributed by atoms with Crippen molar-refractivity contribution >= 4 is 39.0 Å². The Morgan fingerprint density at radius 1 is 1.16 bits per heavy atom. The number of rotatable bonds is 5. The maximum atomic E-state index is 14.2. The third-order valence-corrected chi connectivity index (χ3v) is 12.8. The highest BCUT2D eigenvalue weighted by Gasteiger charge is 2.42. The van der Waals surface area contributed by atoms with E-state index in [-0.39, 0.29) is 47.4 Å². The fourth-order valence-corrected chi connectivity index (χ4v) is 9.51. The minimum Gasteiger partial charge on any atom is -0.490 e. The SMILES string of the molecule is CO[C@H]1/C=C\CCCS(=O)(NC(=O)COC2CCOCC2)=NC(=O)c2ccc3c(c2)N(C[C@H](C)[C@H]1C)C[C@@]1(CCCc2cc(Cl)ccc21)CO3. The Balaban J connectivity index is 1.35. The van der Waals surface area contributed by atoms with Crippen LogP contribution in [0.5, 0.6) is 5.75 Å². The quantitative estimate of drug-likeness (QED) is 0.358. The smallest absolute Gasteiger partial charge is 0.286 e. The molecule has 1 fully saturated rings. The molecule has 1 aliphatic carbocycles. The van der Waals surface area contributed by atoms with Crippen LogP contribution in [0.25, 0.3) is 0 Å². The summed E-state index contributed by atoms with van der Waals surface area (Å²) in [7, 11) is -1.73. The first-order chi connectivity index (χ1) is 24.1. The van der Waals surface area contributed by atoms with E-state index in [1.54, 1.807) is 19.2 Å². The lowest BCUT2D eigenvalue weighted by atomic mass is 9.70. The van der Waals surface area contributed by atoms with Gasteiger partial charge in [0, 0.05) is 49.4 Å². The van der Waals surface area contributed by atoms with Crippen molar-refractivity contribution in [3.05, 3.63) is 70.3 Å². The van der Waals surface area contributed by atoms with Crippen LogP contribution in [0.15, 0.2) is 52.9 Å². The maximum absolute atomic E-state index is 14.2. The predicted octanol–water partition coefficient (Wildman–Crippen LogP) is 6.29. The zero-order valence-electron chi connectivity index (χ0n) is 29.4. The molecule has 4 aliphatic rings. The molecule has 0 saturated carbocycles. The molecule has 3 aliphatic heterocycles. The first-order valence-electron chi connectivity index (χ1n) is 17.9. The maximum Gasteiger partial charge on any atom is 0.286 e. The van der Waals surface area contributed by atoms with Gasteiger partial charge in [-0.2, -0.15) is 0 Å². The Hall–Kier alpha value is -2.96. The summed E-state index contributed by atoms with van der Waals surface area (Å²) >= 11 is 6.44. The molecule has 0 aromatic heterocycles. The Morgan fingerprint density at radius 3 is 2.78 bits per heavy atom. The Labute approximate surface area is 301 Å². The largest absolute Gasteiger partial charge is 0.490 e. The van der Waals surface area contributed by atoms with Crippen molar-refractivity contribution in [3.8, 4) is 5.75 Å². The first-order valence-corrected chi connectivity index (χ1v) is 19.9. The molecule has 3 heterocycles. The van der Waals surface area contributed by atoms with Crippen molar-refractivity contribution < 1.29 is 32.7 Å². The summed E-state index contributed by atoms with van der Waals surface area (Å²) < 4.78 is 44.7. The number of halogens is 1. The minimum atomic E-state index is -3.46. The second-order valence-corrected chi connectivity index (χ2v) is 16.8. The van der Waals surface area contributed by atoms with Gasteiger partial charge < -0.3 is 23.8 Å². The van der Waals surface area contributed by atoms with Gasteiger partial charge >= 0.3 is 0 Å². The predicted molar refractivity (Wildman–Crippen MR) is 195 cm³/mol. The number of nitrogens with zero attached hydrogens (tertiary/aromatic N) is 2. The highest BCUT2D eigenvalue weighted by Crippen LogP contribution is 2.45. The molecule has 272 valence electrons. The van der Waals surface area contributed by atoms with Gasteiger partial charge in [-0.15, -0.1) is 4.36 Å². The van der Waals surface area contributed by atoms with Crippen LogP contribution in [0.4, 0.5) is 5.69 Å². The first kappa shape index (κ1) is 36.8. The molecule has 2 aromatic carbocycles. The van der Waals surface area contributed by atoms with Gasteiger partial charge in [-0.1, -0.05) is 43.7 Å². The summed E-state index contributed by atoms with van der Waals surface area (Å²) in [5.74, 6) is -0.126. The molecule has 2 bridgehead atoms. The number of carbonyl (C=O) groups excluding carboxylic acids is 2. The van der Waals surface area contributed by atoms with E-state index in [2.05, 4.69) is 46.0 Å². The standard InChI is InChI=1S/C38H50ClN3O7S/c1-26-22-42-24-38(16-7-8-28-20-30(39)11-12-32(28)38)25-49-35-13-10-29(21-33(35)42)37(44)41-50(45,19-6-4-5-9-34(46-3)27(26)2)40-36(43)23-48-31-14-17-47-18-15-31/h5,9-13,20-21,26-27,31,34H,4,6-8,14-19,22-25H2,1-3H3,(H,40,41,43,44,45)/b9-5-/t26-,27+,34-,38-,50?/m0/s1. The zero-order valence-corrected chi connectivity index (χ0v) is 30.9. The van der Waals surface area contributed by atoms with Gasteiger partial charge in [0.1, 0.15) is 22.3 Å². The number of allylic oxidation sites excluding steroid dienone is 1. The van der Waals surface area contributed by atoms with Gasteiger partial charge in [0.15, 0.2) is 0 Å². The van der Waals surface area contributed by atoms with Crippen molar-refractivity contribution in [3.63, 3.8) is 0 Å². The Bertz CT molecular complexity index is 1700. The number of ether oxygens (including phenoxy) is 4. The summed E-state index contributed by atoms with van der Waals surface area (Å²) in [4.78, 5) is 29.2. The van der Waals surface area contributed by atoms with Gasteiger partial charge in [-0.25, -0.2) is 4.21 Å². The van der Waals surface area contributed by atoms with E-state index in [1.807, 2.05) is 18.2 Å². The summed E-state index contributed by atoms with van der Waals surface area (Å²) in [6, 6.07) is 11.5. The molecule has 5 atom stereocenters. The fraction of sp³-hybridized carbons (Fsp3) is 0.579. The average Bonchev–Trinajstić information content (AvgIpc) is 3.25. The van der Waals surface area contributed by atoms with Crippen molar-refractivity contribution in [2.75, 3.05) is 57.3 Å². The number of hydrogen-bond donors (Lipinski definition) is 1. The second kappa shape index (κ2) is 16.2. The normalized spacial score (nSPS) is 30.0. The molecule has 6 rings (SSSR count). The van der Waals surface area contributed by atoms with E-state index in [1.165, 1.54) is 11.1 Å². The molecule has 10 nitrogen and oxygen atoms in total. The molecule has 1 spiro atoms. The Kier molecular flexibility index (Phi) is 11.9. The number of benzene rings is 2. The summed E-state index contributed by atoms with van der Waals surface area (Å²) in [6.07, 6.45) is 9.24. The number of aryl methyl sites for hydroxylation is 1. The van der Waals surface area contributed by atoms with Crippen molar-refractivity contribution in [2.24, 2.45) is 16.2 Å². The number of nitrogens with one attached hydrogen (secondary N) is 1. The van der Waals surface area contributed by atoms with E-state index in [0.29, 0.717) is 64.3 Å². The number of carbonyl (C=O) groups is 2. The van der Waals surface area contributed by atoms with Gasteiger partial charge in [-0.05, 0) is 98.2 Å². The van der Waals surface area contributed by atoms with Gasteiger partial charge in [0.05, 0.1) is 30.3 Å². The second-order valence-electron chi connectivity index (χ2n) is 14.3. The summed E-state index contributed by atoms with van der Waals surface area (Å²) in [5, 5.41) is 0.733. The van der Waals surface area contributed by atoms with E-state index in [4.69, 9.17) is 30.5 Å². The van der Waals surface area contributed by atoms with Crippen LogP contribution in [0, 0.1) is 11.8 Å². The zero-order chi connectivity index (χ0) is 35.3. The highest BCUT2D eigenvalue weighted by atomic mass is 35.5. The lowest BCUT2D eigenvalue weighted by molar-refractivity contribution is -0.128. The van der Waals surface area contributed by atoms with Crippen LogP contribution in [-0.2, 0) is 40.8 Å². The summed E-state index contributed by atoms with van der Waals surface area (Å²) in [6.45, 7) is 7.22. The average molecular weight is 728 g/mol.